The maximum absolute atomic E-state index is 14.8. The fourth-order valence-electron chi connectivity index (χ4n) is 3.63. The zero-order valence-electron chi connectivity index (χ0n) is 18.5. The Morgan fingerprint density at radius 1 is 1.21 bits per heavy atom. The average Bonchev–Trinajstić information content (AvgIpc) is 3.23. The highest BCUT2D eigenvalue weighted by Gasteiger charge is 2.22. The van der Waals surface area contributed by atoms with Crippen LogP contribution in [-0.4, -0.2) is 56.7 Å². The number of halogens is 1. The molecule has 2 aromatic heterocycles. The van der Waals surface area contributed by atoms with Gasteiger partial charge in [0, 0.05) is 36.5 Å². The minimum absolute atomic E-state index is 0.0234. The Bertz CT molecular complexity index is 1320. The van der Waals surface area contributed by atoms with Crippen molar-refractivity contribution in [1.29, 1.82) is 0 Å². The van der Waals surface area contributed by atoms with E-state index in [0.717, 1.165) is 11.9 Å². The van der Waals surface area contributed by atoms with Gasteiger partial charge in [-0.1, -0.05) is 0 Å². The quantitative estimate of drug-likeness (QED) is 0.428. The molecule has 0 aliphatic carbocycles. The monoisotopic (exact) mass is 462 g/mol. The summed E-state index contributed by atoms with van der Waals surface area (Å²) in [7, 11) is 0. The third kappa shape index (κ3) is 4.42. The molecule has 1 saturated heterocycles. The molecular weight excluding hydrogens is 439 g/mol. The van der Waals surface area contributed by atoms with Gasteiger partial charge in [-0.2, -0.15) is 0 Å². The van der Waals surface area contributed by atoms with Crippen LogP contribution in [-0.2, 0) is 0 Å². The number of carbonyl (C=O) groups excluding carboxylic acids is 1. The summed E-state index contributed by atoms with van der Waals surface area (Å²) < 4.78 is 26.4. The number of aliphatic hydroxyl groups excluding tert-OH is 1. The number of nitrogens with zero attached hydrogens (tertiary/aromatic N) is 3. The number of hydrogen-bond acceptors (Lipinski definition) is 6. The van der Waals surface area contributed by atoms with Crippen LogP contribution < -0.4 is 9.47 Å². The molecule has 3 heterocycles. The van der Waals surface area contributed by atoms with Gasteiger partial charge in [0.1, 0.15) is 23.4 Å². The van der Waals surface area contributed by atoms with Gasteiger partial charge >= 0.3 is 0 Å². The molecule has 8 nitrogen and oxygen atoms in total. The van der Waals surface area contributed by atoms with Gasteiger partial charge in [0.05, 0.1) is 12.1 Å². The number of amides is 1. The molecule has 34 heavy (non-hydrogen) atoms. The van der Waals surface area contributed by atoms with Gasteiger partial charge in [0.15, 0.2) is 17.2 Å². The van der Waals surface area contributed by atoms with Crippen molar-refractivity contribution in [3.8, 4) is 28.6 Å². The SMILES string of the molecule is C[C@@H](CO)Oc1cc(Oc2ccc(C(=O)N3CCC3)cc2F)cc(-c2nc3ncccc3[nH]2)c1. The van der Waals surface area contributed by atoms with Gasteiger partial charge < -0.3 is 24.5 Å². The maximum atomic E-state index is 14.8. The number of carbonyl (C=O) groups is 1. The summed E-state index contributed by atoms with van der Waals surface area (Å²) in [4.78, 5) is 26.0. The highest BCUT2D eigenvalue weighted by atomic mass is 19.1. The van der Waals surface area contributed by atoms with Gasteiger partial charge in [-0.15, -0.1) is 0 Å². The molecule has 1 amide bonds. The lowest BCUT2D eigenvalue weighted by Gasteiger charge is -2.30. The topological polar surface area (TPSA) is 101 Å². The fourth-order valence-corrected chi connectivity index (χ4v) is 3.63. The molecule has 2 N–H and O–H groups in total. The molecule has 1 aliphatic rings. The predicted octanol–water partition coefficient (Wildman–Crippen LogP) is 4.16. The summed E-state index contributed by atoms with van der Waals surface area (Å²) in [5.74, 6) is 0.419. The molecule has 0 bridgehead atoms. The molecule has 0 unspecified atom stereocenters. The fraction of sp³-hybridized carbons (Fsp3) is 0.240. The zero-order chi connectivity index (χ0) is 23.7. The summed E-state index contributed by atoms with van der Waals surface area (Å²) in [6.07, 6.45) is 2.17. The first-order valence-electron chi connectivity index (χ1n) is 11.0. The summed E-state index contributed by atoms with van der Waals surface area (Å²) in [5.41, 5.74) is 2.25. The number of likely N-dealkylation sites (tertiary alicyclic amines) is 1. The minimum Gasteiger partial charge on any atom is -0.488 e. The average molecular weight is 462 g/mol. The van der Waals surface area contributed by atoms with Crippen LogP contribution in [0.2, 0.25) is 0 Å². The van der Waals surface area contributed by atoms with Crippen molar-refractivity contribution < 1.29 is 23.8 Å². The summed E-state index contributed by atoms with van der Waals surface area (Å²) in [6.45, 7) is 2.94. The van der Waals surface area contributed by atoms with E-state index in [9.17, 15) is 14.3 Å². The maximum Gasteiger partial charge on any atom is 0.253 e. The lowest BCUT2D eigenvalue weighted by molar-refractivity contribution is 0.0651. The lowest BCUT2D eigenvalue weighted by Crippen LogP contribution is -2.42. The van der Waals surface area contributed by atoms with E-state index >= 15 is 0 Å². The lowest BCUT2D eigenvalue weighted by atomic mass is 10.1. The second-order valence-electron chi connectivity index (χ2n) is 8.16. The first kappa shape index (κ1) is 21.8. The summed E-state index contributed by atoms with van der Waals surface area (Å²) in [5, 5.41) is 9.39. The van der Waals surface area contributed by atoms with Crippen LogP contribution in [0.4, 0.5) is 4.39 Å². The second kappa shape index (κ2) is 9.11. The molecule has 1 atom stereocenters. The van der Waals surface area contributed by atoms with E-state index in [1.807, 2.05) is 6.07 Å². The van der Waals surface area contributed by atoms with Crippen molar-refractivity contribution in [3.63, 3.8) is 0 Å². The normalized spacial score (nSPS) is 14.0. The van der Waals surface area contributed by atoms with E-state index in [2.05, 4.69) is 15.0 Å². The van der Waals surface area contributed by atoms with Crippen LogP contribution in [0.3, 0.4) is 0 Å². The Morgan fingerprint density at radius 3 is 2.74 bits per heavy atom. The van der Waals surface area contributed by atoms with Crippen LogP contribution in [0, 0.1) is 5.82 Å². The number of fused-ring (bicyclic) bond motifs is 1. The summed E-state index contributed by atoms with van der Waals surface area (Å²) in [6, 6.07) is 12.9. The number of imidazole rings is 1. The predicted molar refractivity (Wildman–Crippen MR) is 123 cm³/mol. The third-order valence-corrected chi connectivity index (χ3v) is 5.56. The van der Waals surface area contributed by atoms with Crippen molar-refractivity contribution in [3.05, 3.63) is 66.1 Å². The molecule has 0 spiro atoms. The largest absolute Gasteiger partial charge is 0.488 e. The number of pyridine rings is 1. The van der Waals surface area contributed by atoms with E-state index in [0.29, 0.717) is 41.6 Å². The number of nitrogens with one attached hydrogen (secondary N) is 1. The number of aliphatic hydroxyl groups is 1. The van der Waals surface area contributed by atoms with Crippen LogP contribution in [0.15, 0.2) is 54.7 Å². The summed E-state index contributed by atoms with van der Waals surface area (Å²) >= 11 is 0. The number of hydrogen-bond donors (Lipinski definition) is 2. The van der Waals surface area contributed by atoms with E-state index in [4.69, 9.17) is 9.47 Å². The van der Waals surface area contributed by atoms with E-state index in [-0.39, 0.29) is 23.8 Å². The Kier molecular flexibility index (Phi) is 5.85. The highest BCUT2D eigenvalue weighted by Crippen LogP contribution is 2.34. The third-order valence-electron chi connectivity index (χ3n) is 5.56. The molecule has 4 aromatic rings. The molecule has 1 aliphatic heterocycles. The molecule has 5 rings (SSSR count). The molecule has 9 heteroatoms. The van der Waals surface area contributed by atoms with Crippen molar-refractivity contribution >= 4 is 17.1 Å². The van der Waals surface area contributed by atoms with Crippen molar-refractivity contribution in [2.24, 2.45) is 0 Å². The van der Waals surface area contributed by atoms with E-state index < -0.39 is 11.9 Å². The molecule has 0 saturated carbocycles. The van der Waals surface area contributed by atoms with Gasteiger partial charge in [-0.05, 0) is 55.8 Å². The first-order valence-corrected chi connectivity index (χ1v) is 11.0. The van der Waals surface area contributed by atoms with Crippen LogP contribution in [0.5, 0.6) is 17.2 Å². The second-order valence-corrected chi connectivity index (χ2v) is 8.16. The van der Waals surface area contributed by atoms with Gasteiger partial charge in [0.25, 0.3) is 5.91 Å². The van der Waals surface area contributed by atoms with Crippen molar-refractivity contribution in [2.75, 3.05) is 19.7 Å². The number of H-pyrrole nitrogens is 1. The van der Waals surface area contributed by atoms with Gasteiger partial charge in [0.2, 0.25) is 0 Å². The van der Waals surface area contributed by atoms with Gasteiger partial charge in [-0.25, -0.2) is 14.4 Å². The van der Waals surface area contributed by atoms with Crippen LogP contribution >= 0.6 is 0 Å². The Hall–Kier alpha value is -3.98. The molecule has 1 fully saturated rings. The number of ether oxygens (including phenoxy) is 2. The highest BCUT2D eigenvalue weighted by molar-refractivity contribution is 5.94. The Balaban J connectivity index is 1.47. The van der Waals surface area contributed by atoms with E-state index in [1.54, 1.807) is 48.4 Å². The smallest absolute Gasteiger partial charge is 0.253 e. The number of aromatic amines is 1. The van der Waals surface area contributed by atoms with Crippen molar-refractivity contribution in [1.82, 2.24) is 19.9 Å². The first-order chi connectivity index (χ1) is 16.5. The molecule has 0 radical (unpaired) electrons. The molecular formula is C25H23FN4O4. The van der Waals surface area contributed by atoms with Crippen LogP contribution in [0.1, 0.15) is 23.7 Å². The molecule has 174 valence electrons. The van der Waals surface area contributed by atoms with Crippen LogP contribution in [0.25, 0.3) is 22.6 Å². The van der Waals surface area contributed by atoms with Gasteiger partial charge in [-0.3, -0.25) is 4.79 Å². The zero-order valence-corrected chi connectivity index (χ0v) is 18.5. The molecule has 2 aromatic carbocycles. The Morgan fingerprint density at radius 2 is 2.03 bits per heavy atom. The Labute approximate surface area is 195 Å². The standard InChI is InChI=1S/C25H23FN4O4/c1-15(14-31)33-18-10-17(23-28-21-4-2-7-27-24(21)29-23)11-19(13-18)34-22-6-5-16(12-20(22)26)25(32)30-8-3-9-30/h2,4-7,10-13,15,31H,3,8-9,14H2,1H3,(H,27,28,29)/t15-/m0/s1. The number of benzene rings is 2. The number of rotatable bonds is 7. The van der Waals surface area contributed by atoms with Crippen molar-refractivity contribution in [2.45, 2.75) is 19.4 Å². The minimum atomic E-state index is -0.643. The van der Waals surface area contributed by atoms with E-state index in [1.165, 1.54) is 12.1 Å². The number of aromatic nitrogens is 3.